The number of amides is 2. The number of carbonyl (C=O) groups is 3. The van der Waals surface area contributed by atoms with Crippen molar-refractivity contribution >= 4 is 34.5 Å². The Morgan fingerprint density at radius 3 is 2.82 bits per heavy atom. The lowest BCUT2D eigenvalue weighted by atomic mass is 10.1. The Labute approximate surface area is 190 Å². The van der Waals surface area contributed by atoms with Crippen LogP contribution >= 0.6 is 0 Å². The van der Waals surface area contributed by atoms with E-state index in [1.54, 1.807) is 25.0 Å². The molecule has 1 N–H and O–H groups in total. The summed E-state index contributed by atoms with van der Waals surface area (Å²) < 4.78 is 11.6. The van der Waals surface area contributed by atoms with Gasteiger partial charge >= 0.3 is 5.97 Å². The molecule has 33 heavy (non-hydrogen) atoms. The molecule has 1 fully saturated rings. The topological polar surface area (TPSA) is 116 Å². The van der Waals surface area contributed by atoms with E-state index in [0.717, 1.165) is 10.9 Å². The van der Waals surface area contributed by atoms with E-state index >= 15 is 0 Å². The van der Waals surface area contributed by atoms with Crippen LogP contribution in [0.5, 0.6) is 0 Å². The van der Waals surface area contributed by atoms with Crippen molar-refractivity contribution in [1.29, 1.82) is 0 Å². The first-order valence-corrected chi connectivity index (χ1v) is 10.7. The van der Waals surface area contributed by atoms with E-state index in [1.807, 2.05) is 30.3 Å². The molecule has 1 saturated heterocycles. The molecule has 1 aliphatic rings. The van der Waals surface area contributed by atoms with E-state index < -0.39 is 11.9 Å². The van der Waals surface area contributed by atoms with Crippen LogP contribution in [0.2, 0.25) is 0 Å². The molecule has 0 bridgehead atoms. The SMILES string of the molecule is CCOC(=O)c1cnn(-c2ccc3ccccc3n2)c1NC(=O)C1CC(=O)N(CCOC)C1. The van der Waals surface area contributed by atoms with Crippen molar-refractivity contribution in [2.75, 3.05) is 38.7 Å². The maximum absolute atomic E-state index is 13.1. The molecule has 10 heteroatoms. The standard InChI is InChI=1S/C23H25N5O5/c1-3-33-23(31)17-13-24-28(19-9-8-15-6-4-5-7-18(15)25-19)21(17)26-22(30)16-12-20(29)27(14-16)10-11-32-2/h4-9,13,16H,3,10-12,14H2,1-2H3,(H,26,30). The summed E-state index contributed by atoms with van der Waals surface area (Å²) in [6.07, 6.45) is 1.43. The molecule has 3 heterocycles. The van der Waals surface area contributed by atoms with E-state index in [1.165, 1.54) is 10.9 Å². The van der Waals surface area contributed by atoms with Gasteiger partial charge in [-0.15, -0.1) is 0 Å². The van der Waals surface area contributed by atoms with Gasteiger partial charge in [0.1, 0.15) is 5.56 Å². The van der Waals surface area contributed by atoms with Crippen molar-refractivity contribution in [2.45, 2.75) is 13.3 Å². The summed E-state index contributed by atoms with van der Waals surface area (Å²) >= 11 is 0. The maximum Gasteiger partial charge on any atom is 0.343 e. The summed E-state index contributed by atoms with van der Waals surface area (Å²) in [4.78, 5) is 44.1. The third-order valence-electron chi connectivity index (χ3n) is 5.46. The lowest BCUT2D eigenvalue weighted by molar-refractivity contribution is -0.128. The van der Waals surface area contributed by atoms with Gasteiger partial charge in [-0.05, 0) is 25.1 Å². The van der Waals surface area contributed by atoms with Crippen LogP contribution in [0.15, 0.2) is 42.6 Å². The van der Waals surface area contributed by atoms with Crippen molar-refractivity contribution in [3.63, 3.8) is 0 Å². The molecule has 0 aliphatic carbocycles. The summed E-state index contributed by atoms with van der Waals surface area (Å²) in [7, 11) is 1.56. The van der Waals surface area contributed by atoms with Crippen LogP contribution in [0, 0.1) is 5.92 Å². The molecular weight excluding hydrogens is 426 g/mol. The van der Waals surface area contributed by atoms with Gasteiger partial charge in [0.25, 0.3) is 0 Å². The lowest BCUT2D eigenvalue weighted by Gasteiger charge is -2.16. The smallest absolute Gasteiger partial charge is 0.343 e. The number of aromatic nitrogens is 3. The van der Waals surface area contributed by atoms with Gasteiger partial charge in [-0.3, -0.25) is 9.59 Å². The molecule has 10 nitrogen and oxygen atoms in total. The fourth-order valence-corrected chi connectivity index (χ4v) is 3.76. The Morgan fingerprint density at radius 2 is 2.03 bits per heavy atom. The van der Waals surface area contributed by atoms with Crippen LogP contribution in [0.3, 0.4) is 0 Å². The molecule has 172 valence electrons. The molecule has 2 amide bonds. The Morgan fingerprint density at radius 1 is 1.21 bits per heavy atom. The number of methoxy groups -OCH3 is 1. The predicted molar refractivity (Wildman–Crippen MR) is 120 cm³/mol. The van der Waals surface area contributed by atoms with Gasteiger partial charge in [-0.1, -0.05) is 18.2 Å². The molecular formula is C23H25N5O5. The van der Waals surface area contributed by atoms with Crippen molar-refractivity contribution in [2.24, 2.45) is 5.92 Å². The number of carbonyl (C=O) groups excluding carboxylic acids is 3. The summed E-state index contributed by atoms with van der Waals surface area (Å²) in [5.41, 5.74) is 0.858. The van der Waals surface area contributed by atoms with Gasteiger partial charge in [0.05, 0.1) is 30.8 Å². The highest BCUT2D eigenvalue weighted by molar-refractivity contribution is 6.02. The minimum Gasteiger partial charge on any atom is -0.462 e. The second-order valence-corrected chi connectivity index (χ2v) is 7.62. The van der Waals surface area contributed by atoms with Crippen molar-refractivity contribution in [3.8, 4) is 5.82 Å². The van der Waals surface area contributed by atoms with Crippen LogP contribution in [0.1, 0.15) is 23.7 Å². The van der Waals surface area contributed by atoms with Crippen LogP contribution in [0.4, 0.5) is 5.82 Å². The van der Waals surface area contributed by atoms with Crippen molar-refractivity contribution in [1.82, 2.24) is 19.7 Å². The van der Waals surface area contributed by atoms with E-state index in [-0.39, 0.29) is 42.8 Å². The highest BCUT2D eigenvalue weighted by atomic mass is 16.5. The number of ether oxygens (including phenoxy) is 2. The number of hydrogen-bond acceptors (Lipinski definition) is 7. The Hall–Kier alpha value is -3.79. The fraction of sp³-hybridized carbons (Fsp3) is 0.348. The fourth-order valence-electron chi connectivity index (χ4n) is 3.76. The van der Waals surface area contributed by atoms with E-state index in [4.69, 9.17) is 9.47 Å². The van der Waals surface area contributed by atoms with E-state index in [0.29, 0.717) is 19.0 Å². The highest BCUT2D eigenvalue weighted by Crippen LogP contribution is 2.25. The molecule has 0 spiro atoms. The van der Waals surface area contributed by atoms with Gasteiger partial charge in [0.15, 0.2) is 11.6 Å². The molecule has 1 aromatic carbocycles. The molecule has 4 rings (SSSR count). The summed E-state index contributed by atoms with van der Waals surface area (Å²) in [5, 5.41) is 8.04. The zero-order valence-corrected chi connectivity index (χ0v) is 18.5. The number of anilines is 1. The summed E-state index contributed by atoms with van der Waals surface area (Å²) in [6, 6.07) is 11.2. The largest absolute Gasteiger partial charge is 0.462 e. The third kappa shape index (κ3) is 4.70. The Bertz CT molecular complexity index is 1190. The van der Waals surface area contributed by atoms with Crippen LogP contribution < -0.4 is 5.32 Å². The molecule has 0 radical (unpaired) electrons. The summed E-state index contributed by atoms with van der Waals surface area (Å²) in [5.74, 6) is -1.06. The zero-order chi connectivity index (χ0) is 23.4. The van der Waals surface area contributed by atoms with E-state index in [9.17, 15) is 14.4 Å². The minimum atomic E-state index is -0.607. The molecule has 3 aromatic rings. The van der Waals surface area contributed by atoms with Gasteiger partial charge < -0.3 is 19.7 Å². The summed E-state index contributed by atoms with van der Waals surface area (Å²) in [6.45, 7) is 2.98. The first kappa shape index (κ1) is 22.4. The number of fused-ring (bicyclic) bond motifs is 1. The number of para-hydroxylation sites is 1. The second kappa shape index (κ2) is 9.78. The number of likely N-dealkylation sites (tertiary alicyclic amines) is 1. The number of esters is 1. The van der Waals surface area contributed by atoms with Crippen LogP contribution in [0.25, 0.3) is 16.7 Å². The number of rotatable bonds is 8. The lowest BCUT2D eigenvalue weighted by Crippen LogP contribution is -2.31. The Kier molecular flexibility index (Phi) is 6.64. The molecule has 0 saturated carbocycles. The Balaban J connectivity index is 1.64. The van der Waals surface area contributed by atoms with Crippen LogP contribution in [-0.4, -0.2) is 70.9 Å². The average molecular weight is 451 g/mol. The molecule has 2 aromatic heterocycles. The van der Waals surface area contributed by atoms with Crippen LogP contribution in [-0.2, 0) is 19.1 Å². The second-order valence-electron chi connectivity index (χ2n) is 7.62. The predicted octanol–water partition coefficient (Wildman–Crippen LogP) is 2.03. The normalized spacial score (nSPS) is 15.8. The molecule has 1 unspecified atom stereocenters. The monoisotopic (exact) mass is 451 g/mol. The maximum atomic E-state index is 13.1. The number of hydrogen-bond donors (Lipinski definition) is 1. The first-order valence-electron chi connectivity index (χ1n) is 10.7. The zero-order valence-electron chi connectivity index (χ0n) is 18.5. The third-order valence-corrected chi connectivity index (χ3v) is 5.46. The number of nitrogens with one attached hydrogen (secondary N) is 1. The van der Waals surface area contributed by atoms with Gasteiger partial charge in [-0.25, -0.2) is 9.78 Å². The first-order chi connectivity index (χ1) is 16.0. The number of benzene rings is 1. The van der Waals surface area contributed by atoms with Gasteiger partial charge in [0, 0.05) is 32.0 Å². The van der Waals surface area contributed by atoms with Gasteiger partial charge in [0.2, 0.25) is 11.8 Å². The number of pyridine rings is 1. The quantitative estimate of drug-likeness (QED) is 0.521. The van der Waals surface area contributed by atoms with Crippen molar-refractivity contribution in [3.05, 3.63) is 48.2 Å². The minimum absolute atomic E-state index is 0.0899. The average Bonchev–Trinajstić information content (AvgIpc) is 3.41. The number of nitrogens with zero attached hydrogens (tertiary/aromatic N) is 4. The molecule has 1 aliphatic heterocycles. The molecule has 1 atom stereocenters. The van der Waals surface area contributed by atoms with Gasteiger partial charge in [-0.2, -0.15) is 9.78 Å². The van der Waals surface area contributed by atoms with E-state index in [2.05, 4.69) is 15.4 Å². The highest BCUT2D eigenvalue weighted by Gasteiger charge is 2.35. The van der Waals surface area contributed by atoms with Crippen molar-refractivity contribution < 1.29 is 23.9 Å².